The molecule has 3 aromatic carbocycles. The van der Waals surface area contributed by atoms with Gasteiger partial charge in [0.2, 0.25) is 5.91 Å². The predicted octanol–water partition coefficient (Wildman–Crippen LogP) is 3.66. The normalized spacial score (nSPS) is 10.2. The van der Waals surface area contributed by atoms with Crippen LogP contribution in [0.15, 0.2) is 72.8 Å². The zero-order valence-corrected chi connectivity index (χ0v) is 15.4. The van der Waals surface area contributed by atoms with Gasteiger partial charge in [-0.25, -0.2) is 4.39 Å². The second-order valence-corrected chi connectivity index (χ2v) is 6.18. The molecule has 7 heteroatoms. The molecule has 0 spiro atoms. The predicted molar refractivity (Wildman–Crippen MR) is 106 cm³/mol. The number of rotatable bonds is 8. The highest BCUT2D eigenvalue weighted by Gasteiger charge is 2.10. The molecule has 3 N–H and O–H groups in total. The Hall–Kier alpha value is -3.87. The van der Waals surface area contributed by atoms with E-state index in [4.69, 9.17) is 15.2 Å². The Labute approximate surface area is 167 Å². The summed E-state index contributed by atoms with van der Waals surface area (Å²) >= 11 is 0. The van der Waals surface area contributed by atoms with Gasteiger partial charge >= 0.3 is 0 Å². The van der Waals surface area contributed by atoms with Crippen molar-refractivity contribution < 1.29 is 23.5 Å². The molecule has 0 bridgehead atoms. The van der Waals surface area contributed by atoms with Crippen LogP contribution in [0.25, 0.3) is 0 Å². The van der Waals surface area contributed by atoms with Gasteiger partial charge in [-0.15, -0.1) is 0 Å². The van der Waals surface area contributed by atoms with E-state index in [-0.39, 0.29) is 18.9 Å². The minimum atomic E-state index is -0.419. The number of carbonyl (C=O) groups excluding carboxylic acids is 2. The number of primary amides is 1. The van der Waals surface area contributed by atoms with Crippen LogP contribution >= 0.6 is 0 Å². The molecule has 148 valence electrons. The highest BCUT2D eigenvalue weighted by atomic mass is 19.1. The first kappa shape index (κ1) is 19.9. The highest BCUT2D eigenvalue weighted by Crippen LogP contribution is 2.29. The summed E-state index contributed by atoms with van der Waals surface area (Å²) in [5.74, 6) is -0.0446. The molecule has 0 heterocycles. The average Bonchev–Trinajstić information content (AvgIpc) is 2.69. The van der Waals surface area contributed by atoms with E-state index in [1.54, 1.807) is 54.6 Å². The number of benzene rings is 3. The van der Waals surface area contributed by atoms with Crippen LogP contribution in [0.2, 0.25) is 0 Å². The molecule has 2 amide bonds. The Bertz CT molecular complexity index is 1010. The molecule has 0 radical (unpaired) electrons. The van der Waals surface area contributed by atoms with Crippen molar-refractivity contribution in [3.8, 4) is 17.2 Å². The molecule has 6 nitrogen and oxygen atoms in total. The van der Waals surface area contributed by atoms with E-state index in [9.17, 15) is 14.0 Å². The maximum atomic E-state index is 13.3. The van der Waals surface area contributed by atoms with Crippen molar-refractivity contribution in [3.05, 3.63) is 84.2 Å². The number of hydrogen-bond acceptors (Lipinski definition) is 4. The summed E-state index contributed by atoms with van der Waals surface area (Å²) in [6, 6.07) is 19.3. The molecule has 3 aromatic rings. The van der Waals surface area contributed by atoms with Gasteiger partial charge in [-0.05, 0) is 42.0 Å². The molecule has 0 fully saturated rings. The zero-order valence-electron chi connectivity index (χ0n) is 15.4. The molecule has 0 unspecified atom stereocenters. The van der Waals surface area contributed by atoms with Gasteiger partial charge in [0.1, 0.15) is 17.3 Å². The van der Waals surface area contributed by atoms with E-state index in [2.05, 4.69) is 5.32 Å². The van der Waals surface area contributed by atoms with E-state index in [1.165, 1.54) is 18.2 Å². The SMILES string of the molecule is NC(=O)Cc1ccc(OCC(=O)Nc2ccccc2Oc2cccc(F)c2)cc1. The first-order valence-corrected chi connectivity index (χ1v) is 8.82. The Morgan fingerprint density at radius 2 is 1.69 bits per heavy atom. The fourth-order valence-corrected chi connectivity index (χ4v) is 2.56. The molecular weight excluding hydrogens is 375 g/mol. The third-order valence-electron chi connectivity index (χ3n) is 3.86. The Morgan fingerprint density at radius 3 is 2.41 bits per heavy atom. The van der Waals surface area contributed by atoms with Crippen molar-refractivity contribution >= 4 is 17.5 Å². The molecule has 0 aliphatic carbocycles. The van der Waals surface area contributed by atoms with Gasteiger partial charge in [-0.1, -0.05) is 30.3 Å². The van der Waals surface area contributed by atoms with Crippen molar-refractivity contribution in [3.63, 3.8) is 0 Å². The largest absolute Gasteiger partial charge is 0.484 e. The van der Waals surface area contributed by atoms with Crippen molar-refractivity contribution in [2.45, 2.75) is 6.42 Å². The van der Waals surface area contributed by atoms with Crippen LogP contribution in [0.3, 0.4) is 0 Å². The lowest BCUT2D eigenvalue weighted by molar-refractivity contribution is -0.118. The number of amides is 2. The van der Waals surface area contributed by atoms with Crippen LogP contribution in [-0.2, 0) is 16.0 Å². The summed E-state index contributed by atoms with van der Waals surface area (Å²) in [5.41, 5.74) is 6.34. The highest BCUT2D eigenvalue weighted by molar-refractivity contribution is 5.93. The molecule has 0 atom stereocenters. The number of nitrogens with one attached hydrogen (secondary N) is 1. The third kappa shape index (κ3) is 6.07. The van der Waals surface area contributed by atoms with Gasteiger partial charge in [0, 0.05) is 6.07 Å². The Kier molecular flexibility index (Phi) is 6.42. The van der Waals surface area contributed by atoms with Gasteiger partial charge in [0.25, 0.3) is 5.91 Å². The van der Waals surface area contributed by atoms with Crippen LogP contribution in [0.4, 0.5) is 10.1 Å². The third-order valence-corrected chi connectivity index (χ3v) is 3.86. The lowest BCUT2D eigenvalue weighted by Gasteiger charge is -2.13. The monoisotopic (exact) mass is 394 g/mol. The zero-order chi connectivity index (χ0) is 20.6. The molecule has 0 saturated heterocycles. The summed E-state index contributed by atoms with van der Waals surface area (Å²) in [7, 11) is 0. The minimum absolute atomic E-state index is 0.142. The van der Waals surface area contributed by atoms with Gasteiger partial charge < -0.3 is 20.5 Å². The maximum absolute atomic E-state index is 13.3. The lowest BCUT2D eigenvalue weighted by Crippen LogP contribution is -2.20. The number of nitrogens with two attached hydrogens (primary N) is 1. The van der Waals surface area contributed by atoms with Gasteiger partial charge in [0.05, 0.1) is 12.1 Å². The number of anilines is 1. The topological polar surface area (TPSA) is 90.7 Å². The number of ether oxygens (including phenoxy) is 2. The van der Waals surface area contributed by atoms with E-state index in [0.717, 1.165) is 5.56 Å². The fourth-order valence-electron chi connectivity index (χ4n) is 2.56. The van der Waals surface area contributed by atoms with Crippen molar-refractivity contribution in [1.82, 2.24) is 0 Å². The second kappa shape index (κ2) is 9.36. The number of halogens is 1. The maximum Gasteiger partial charge on any atom is 0.262 e. The minimum Gasteiger partial charge on any atom is -0.484 e. The molecular formula is C22H19FN2O4. The van der Waals surface area contributed by atoms with E-state index in [1.807, 2.05) is 0 Å². The summed E-state index contributed by atoms with van der Waals surface area (Å²) in [5, 5.41) is 2.71. The van der Waals surface area contributed by atoms with Crippen molar-refractivity contribution in [2.24, 2.45) is 5.73 Å². The van der Waals surface area contributed by atoms with Crippen molar-refractivity contribution in [1.29, 1.82) is 0 Å². The first-order valence-electron chi connectivity index (χ1n) is 8.82. The molecule has 3 rings (SSSR count). The van der Waals surface area contributed by atoms with E-state index >= 15 is 0 Å². The van der Waals surface area contributed by atoms with Crippen LogP contribution in [-0.4, -0.2) is 18.4 Å². The second-order valence-electron chi connectivity index (χ2n) is 6.18. The molecule has 0 saturated carbocycles. The van der Waals surface area contributed by atoms with Crippen molar-refractivity contribution in [2.75, 3.05) is 11.9 Å². The average molecular weight is 394 g/mol. The first-order chi connectivity index (χ1) is 14.0. The van der Waals surface area contributed by atoms with Gasteiger partial charge in [0.15, 0.2) is 12.4 Å². The van der Waals surface area contributed by atoms with Crippen LogP contribution < -0.4 is 20.5 Å². The quantitative estimate of drug-likeness (QED) is 0.610. The molecule has 0 aliphatic rings. The number of carbonyl (C=O) groups is 2. The van der Waals surface area contributed by atoms with Crippen LogP contribution in [0.1, 0.15) is 5.56 Å². The Balaban J connectivity index is 1.58. The van der Waals surface area contributed by atoms with E-state index in [0.29, 0.717) is 22.9 Å². The summed E-state index contributed by atoms with van der Waals surface area (Å²) < 4.78 is 24.5. The molecule has 29 heavy (non-hydrogen) atoms. The Morgan fingerprint density at radius 1 is 0.931 bits per heavy atom. The smallest absolute Gasteiger partial charge is 0.262 e. The van der Waals surface area contributed by atoms with Gasteiger partial charge in [-0.2, -0.15) is 0 Å². The van der Waals surface area contributed by atoms with Gasteiger partial charge in [-0.3, -0.25) is 9.59 Å². The van der Waals surface area contributed by atoms with E-state index < -0.39 is 11.7 Å². The molecule has 0 aliphatic heterocycles. The molecule has 0 aromatic heterocycles. The summed E-state index contributed by atoms with van der Waals surface area (Å²) in [4.78, 5) is 23.2. The fraction of sp³-hybridized carbons (Fsp3) is 0.0909. The number of hydrogen-bond donors (Lipinski definition) is 2. The summed E-state index contributed by atoms with van der Waals surface area (Å²) in [6.07, 6.45) is 0.142. The summed E-state index contributed by atoms with van der Waals surface area (Å²) in [6.45, 7) is -0.219. The standard InChI is InChI=1S/C22H19FN2O4/c23-16-4-3-5-18(13-16)29-20-7-2-1-6-19(20)25-22(27)14-28-17-10-8-15(9-11-17)12-21(24)26/h1-11,13H,12,14H2,(H2,24,26)(H,25,27). The number of para-hydroxylation sites is 2. The van der Waals surface area contributed by atoms with Crippen LogP contribution in [0.5, 0.6) is 17.2 Å². The lowest BCUT2D eigenvalue weighted by atomic mass is 10.1. The van der Waals surface area contributed by atoms with Crippen LogP contribution in [0, 0.1) is 5.82 Å².